The standard InChI is InChI=1S/C15H18BrNO4/c16-12-9-10(15(19)20)4-6-13(12)17-14(18)7-5-11-3-1-2-8-21-11/h4,6,9,11H,1-3,5,7-8H2,(H,17,18)(H,19,20). The molecule has 2 N–H and O–H groups in total. The average molecular weight is 356 g/mol. The summed E-state index contributed by atoms with van der Waals surface area (Å²) >= 11 is 3.27. The number of benzene rings is 1. The predicted octanol–water partition coefficient (Wildman–Crippen LogP) is 3.44. The lowest BCUT2D eigenvalue weighted by atomic mass is 10.0. The van der Waals surface area contributed by atoms with Crippen LogP contribution in [-0.2, 0) is 9.53 Å². The zero-order valence-electron chi connectivity index (χ0n) is 11.6. The van der Waals surface area contributed by atoms with Crippen LogP contribution in [0.5, 0.6) is 0 Å². The van der Waals surface area contributed by atoms with Crippen molar-refractivity contribution in [3.63, 3.8) is 0 Å². The molecular formula is C15H18BrNO4. The Morgan fingerprint density at radius 1 is 1.38 bits per heavy atom. The van der Waals surface area contributed by atoms with Crippen LogP contribution in [0, 0.1) is 0 Å². The van der Waals surface area contributed by atoms with Gasteiger partial charge in [0.2, 0.25) is 5.91 Å². The normalized spacial score (nSPS) is 18.2. The molecule has 0 saturated carbocycles. The minimum Gasteiger partial charge on any atom is -0.478 e. The molecule has 6 heteroatoms. The number of hydrogen-bond acceptors (Lipinski definition) is 3. The largest absolute Gasteiger partial charge is 0.478 e. The quantitative estimate of drug-likeness (QED) is 0.848. The second-order valence-electron chi connectivity index (χ2n) is 5.08. The van der Waals surface area contributed by atoms with Crippen molar-refractivity contribution >= 4 is 33.5 Å². The number of carboxylic acids is 1. The Hall–Kier alpha value is -1.40. The average Bonchev–Trinajstić information content (AvgIpc) is 2.48. The van der Waals surface area contributed by atoms with Gasteiger partial charge >= 0.3 is 5.97 Å². The number of carbonyl (C=O) groups is 2. The number of aromatic carboxylic acids is 1. The summed E-state index contributed by atoms with van der Waals surface area (Å²) in [4.78, 5) is 22.8. The highest BCUT2D eigenvalue weighted by atomic mass is 79.9. The van der Waals surface area contributed by atoms with Crippen molar-refractivity contribution in [2.75, 3.05) is 11.9 Å². The molecule has 0 bridgehead atoms. The van der Waals surface area contributed by atoms with E-state index in [0.29, 0.717) is 16.6 Å². The molecule has 5 nitrogen and oxygen atoms in total. The molecule has 2 rings (SSSR count). The molecule has 1 aromatic carbocycles. The summed E-state index contributed by atoms with van der Waals surface area (Å²) < 4.78 is 6.15. The van der Waals surface area contributed by atoms with E-state index in [2.05, 4.69) is 21.2 Å². The molecule has 1 amide bonds. The third-order valence-electron chi connectivity index (χ3n) is 3.46. The van der Waals surface area contributed by atoms with E-state index in [4.69, 9.17) is 9.84 Å². The van der Waals surface area contributed by atoms with E-state index in [1.165, 1.54) is 12.1 Å². The lowest BCUT2D eigenvalue weighted by Gasteiger charge is -2.22. The van der Waals surface area contributed by atoms with Crippen LogP contribution in [0.3, 0.4) is 0 Å². The van der Waals surface area contributed by atoms with Gasteiger partial charge in [0.05, 0.1) is 17.4 Å². The molecular weight excluding hydrogens is 338 g/mol. The molecule has 1 unspecified atom stereocenters. The van der Waals surface area contributed by atoms with Crippen LogP contribution >= 0.6 is 15.9 Å². The van der Waals surface area contributed by atoms with Crippen molar-refractivity contribution in [3.8, 4) is 0 Å². The Bertz CT molecular complexity index is 526. The first-order valence-electron chi connectivity index (χ1n) is 7.00. The second-order valence-corrected chi connectivity index (χ2v) is 5.93. The van der Waals surface area contributed by atoms with Crippen molar-refractivity contribution in [1.29, 1.82) is 0 Å². The Morgan fingerprint density at radius 2 is 2.19 bits per heavy atom. The molecule has 1 heterocycles. The molecule has 21 heavy (non-hydrogen) atoms. The van der Waals surface area contributed by atoms with Gasteiger partial charge < -0.3 is 15.2 Å². The Balaban J connectivity index is 1.85. The first-order valence-corrected chi connectivity index (χ1v) is 7.80. The van der Waals surface area contributed by atoms with Crippen LogP contribution in [0.15, 0.2) is 22.7 Å². The molecule has 114 valence electrons. The smallest absolute Gasteiger partial charge is 0.335 e. The number of anilines is 1. The minimum absolute atomic E-state index is 0.0899. The maximum absolute atomic E-state index is 11.9. The number of ether oxygens (including phenoxy) is 1. The molecule has 0 radical (unpaired) electrons. The Morgan fingerprint density at radius 3 is 2.81 bits per heavy atom. The van der Waals surface area contributed by atoms with E-state index in [9.17, 15) is 9.59 Å². The van der Waals surface area contributed by atoms with Crippen molar-refractivity contribution in [2.45, 2.75) is 38.2 Å². The predicted molar refractivity (Wildman–Crippen MR) is 82.6 cm³/mol. The van der Waals surface area contributed by atoms with E-state index < -0.39 is 5.97 Å². The van der Waals surface area contributed by atoms with Gasteiger partial charge in [0, 0.05) is 17.5 Å². The molecule has 1 aromatic rings. The fourth-order valence-electron chi connectivity index (χ4n) is 2.29. The summed E-state index contributed by atoms with van der Waals surface area (Å²) in [6, 6.07) is 4.53. The fraction of sp³-hybridized carbons (Fsp3) is 0.467. The maximum atomic E-state index is 11.9. The van der Waals surface area contributed by atoms with Crippen LogP contribution in [0.2, 0.25) is 0 Å². The summed E-state index contributed by atoms with van der Waals surface area (Å²) in [6.45, 7) is 0.786. The van der Waals surface area contributed by atoms with Crippen LogP contribution in [0.4, 0.5) is 5.69 Å². The van der Waals surface area contributed by atoms with Crippen LogP contribution in [0.1, 0.15) is 42.5 Å². The number of nitrogens with one attached hydrogen (secondary N) is 1. The SMILES string of the molecule is O=C(CCC1CCCCO1)Nc1ccc(C(=O)O)cc1Br. The van der Waals surface area contributed by atoms with Crippen molar-refractivity contribution < 1.29 is 19.4 Å². The number of hydrogen-bond donors (Lipinski definition) is 2. The lowest BCUT2D eigenvalue weighted by Crippen LogP contribution is -2.21. The van der Waals surface area contributed by atoms with Gasteiger partial charge in [0.25, 0.3) is 0 Å². The monoisotopic (exact) mass is 355 g/mol. The molecule has 0 aromatic heterocycles. The topological polar surface area (TPSA) is 75.6 Å². The van der Waals surface area contributed by atoms with Gasteiger partial charge in [-0.15, -0.1) is 0 Å². The highest BCUT2D eigenvalue weighted by Gasteiger charge is 2.16. The van der Waals surface area contributed by atoms with E-state index in [0.717, 1.165) is 32.3 Å². The minimum atomic E-state index is -0.997. The number of rotatable bonds is 5. The fourth-order valence-corrected chi connectivity index (χ4v) is 2.77. The molecule has 0 spiro atoms. The number of carboxylic acid groups (broad SMARTS) is 1. The lowest BCUT2D eigenvalue weighted by molar-refractivity contribution is -0.117. The van der Waals surface area contributed by atoms with E-state index in [1.807, 2.05) is 0 Å². The zero-order valence-corrected chi connectivity index (χ0v) is 13.2. The van der Waals surface area contributed by atoms with Crippen LogP contribution in [-0.4, -0.2) is 29.7 Å². The molecule has 1 atom stereocenters. The van der Waals surface area contributed by atoms with Crippen molar-refractivity contribution in [1.82, 2.24) is 0 Å². The van der Waals surface area contributed by atoms with Gasteiger partial charge in [-0.05, 0) is 59.8 Å². The molecule has 1 saturated heterocycles. The summed E-state index contributed by atoms with van der Waals surface area (Å²) in [7, 11) is 0. The summed E-state index contributed by atoms with van der Waals surface area (Å²) in [5.41, 5.74) is 0.755. The first-order chi connectivity index (χ1) is 10.1. The molecule has 1 fully saturated rings. The van der Waals surface area contributed by atoms with Gasteiger partial charge in [0.15, 0.2) is 0 Å². The highest BCUT2D eigenvalue weighted by molar-refractivity contribution is 9.10. The first kappa shape index (κ1) is 16.0. The van der Waals surface area contributed by atoms with Gasteiger partial charge in [-0.25, -0.2) is 4.79 Å². The molecule has 0 aliphatic carbocycles. The van der Waals surface area contributed by atoms with Gasteiger partial charge in [-0.3, -0.25) is 4.79 Å². The van der Waals surface area contributed by atoms with Crippen LogP contribution < -0.4 is 5.32 Å². The van der Waals surface area contributed by atoms with Crippen molar-refractivity contribution in [3.05, 3.63) is 28.2 Å². The Labute approximate surface area is 131 Å². The third kappa shape index (κ3) is 4.82. The second kappa shape index (κ2) is 7.56. The number of halogens is 1. The van der Waals surface area contributed by atoms with E-state index >= 15 is 0 Å². The Kier molecular flexibility index (Phi) is 5.76. The highest BCUT2D eigenvalue weighted by Crippen LogP contribution is 2.24. The summed E-state index contributed by atoms with van der Waals surface area (Å²) in [6.07, 6.45) is 4.58. The van der Waals surface area contributed by atoms with Gasteiger partial charge in [-0.2, -0.15) is 0 Å². The maximum Gasteiger partial charge on any atom is 0.335 e. The summed E-state index contributed by atoms with van der Waals surface area (Å²) in [5, 5.41) is 11.7. The molecule has 1 aliphatic rings. The van der Waals surface area contributed by atoms with Crippen LogP contribution in [0.25, 0.3) is 0 Å². The third-order valence-corrected chi connectivity index (χ3v) is 4.11. The van der Waals surface area contributed by atoms with Crippen molar-refractivity contribution in [2.24, 2.45) is 0 Å². The molecule has 1 aliphatic heterocycles. The van der Waals surface area contributed by atoms with E-state index in [1.54, 1.807) is 6.07 Å². The van der Waals surface area contributed by atoms with E-state index in [-0.39, 0.29) is 17.6 Å². The van der Waals surface area contributed by atoms with Gasteiger partial charge in [-0.1, -0.05) is 0 Å². The van der Waals surface area contributed by atoms with Gasteiger partial charge in [0.1, 0.15) is 0 Å². The number of carbonyl (C=O) groups excluding carboxylic acids is 1. The summed E-state index contributed by atoms with van der Waals surface area (Å²) in [5.74, 6) is -1.09. The number of amides is 1. The zero-order chi connectivity index (χ0) is 15.2.